The Morgan fingerprint density at radius 2 is 1.76 bits per heavy atom. The SMILES string of the molecule is Cc1cc(N2CCN(S(=O)(=O)c3ccc(CC(C)C)cc3)CC2)n2ncnc2n1. The van der Waals surface area contributed by atoms with Gasteiger partial charge in [0.05, 0.1) is 4.90 Å². The van der Waals surface area contributed by atoms with Gasteiger partial charge in [0.2, 0.25) is 10.0 Å². The quantitative estimate of drug-likeness (QED) is 0.636. The summed E-state index contributed by atoms with van der Waals surface area (Å²) in [6, 6.07) is 9.25. The molecule has 0 radical (unpaired) electrons. The molecule has 0 unspecified atom stereocenters. The highest BCUT2D eigenvalue weighted by Gasteiger charge is 2.29. The summed E-state index contributed by atoms with van der Waals surface area (Å²) in [6.07, 6.45) is 2.43. The molecule has 0 N–H and O–H groups in total. The van der Waals surface area contributed by atoms with Gasteiger partial charge >= 0.3 is 0 Å². The molecule has 1 saturated heterocycles. The molecule has 2 aromatic heterocycles. The van der Waals surface area contributed by atoms with E-state index in [1.54, 1.807) is 21.0 Å². The standard InChI is InChI=1S/C20H26N6O2S/c1-15(2)12-17-4-6-18(7-5-17)29(27,28)25-10-8-24(9-11-25)19-13-16(3)23-20-21-14-22-26(19)20/h4-7,13-15H,8-12H2,1-3H3. The first-order chi connectivity index (χ1) is 13.8. The lowest BCUT2D eigenvalue weighted by molar-refractivity contribution is 0.383. The van der Waals surface area contributed by atoms with Gasteiger partial charge in [0.1, 0.15) is 12.1 Å². The molecule has 3 aromatic rings. The second kappa shape index (κ2) is 7.72. The van der Waals surface area contributed by atoms with Crippen molar-refractivity contribution in [3.05, 3.63) is 47.9 Å². The number of rotatable bonds is 5. The molecular weight excluding hydrogens is 388 g/mol. The molecule has 8 nitrogen and oxygen atoms in total. The van der Waals surface area contributed by atoms with Gasteiger partial charge in [0.15, 0.2) is 0 Å². The topological polar surface area (TPSA) is 83.7 Å². The zero-order chi connectivity index (χ0) is 20.6. The van der Waals surface area contributed by atoms with Crippen molar-refractivity contribution < 1.29 is 8.42 Å². The van der Waals surface area contributed by atoms with Gasteiger partial charge in [-0.05, 0) is 37.0 Å². The Morgan fingerprint density at radius 1 is 1.07 bits per heavy atom. The largest absolute Gasteiger partial charge is 0.354 e. The average Bonchev–Trinajstić information content (AvgIpc) is 3.16. The first-order valence-corrected chi connectivity index (χ1v) is 11.3. The van der Waals surface area contributed by atoms with Crippen molar-refractivity contribution >= 4 is 21.6 Å². The summed E-state index contributed by atoms with van der Waals surface area (Å²) in [5, 5.41) is 4.25. The summed E-state index contributed by atoms with van der Waals surface area (Å²) in [6.45, 7) is 8.25. The van der Waals surface area contributed by atoms with Gasteiger partial charge in [0.25, 0.3) is 5.78 Å². The van der Waals surface area contributed by atoms with Crippen LogP contribution in [0.15, 0.2) is 41.6 Å². The molecule has 1 aliphatic rings. The van der Waals surface area contributed by atoms with Gasteiger partial charge in [-0.15, -0.1) is 0 Å². The van der Waals surface area contributed by atoms with Gasteiger partial charge < -0.3 is 4.90 Å². The zero-order valence-corrected chi connectivity index (χ0v) is 17.8. The molecule has 0 amide bonds. The van der Waals surface area contributed by atoms with Crippen molar-refractivity contribution in [1.29, 1.82) is 0 Å². The molecule has 154 valence electrons. The van der Waals surface area contributed by atoms with Gasteiger partial charge in [-0.3, -0.25) is 0 Å². The first-order valence-electron chi connectivity index (χ1n) is 9.86. The highest BCUT2D eigenvalue weighted by molar-refractivity contribution is 7.89. The van der Waals surface area contributed by atoms with Crippen LogP contribution < -0.4 is 4.90 Å². The molecule has 1 fully saturated rings. The highest BCUT2D eigenvalue weighted by atomic mass is 32.2. The smallest absolute Gasteiger partial charge is 0.254 e. The normalized spacial score (nSPS) is 16.1. The average molecular weight is 415 g/mol. The van der Waals surface area contributed by atoms with E-state index in [2.05, 4.69) is 33.8 Å². The van der Waals surface area contributed by atoms with Crippen LogP contribution in [0.2, 0.25) is 0 Å². The molecule has 0 bridgehead atoms. The third kappa shape index (κ3) is 3.97. The zero-order valence-electron chi connectivity index (χ0n) is 17.0. The highest BCUT2D eigenvalue weighted by Crippen LogP contribution is 2.22. The van der Waals surface area contributed by atoms with Crippen LogP contribution in [0, 0.1) is 12.8 Å². The number of sulfonamides is 1. The summed E-state index contributed by atoms with van der Waals surface area (Å²) >= 11 is 0. The van der Waals surface area contributed by atoms with Crippen LogP contribution in [0.25, 0.3) is 5.78 Å². The van der Waals surface area contributed by atoms with Gasteiger partial charge in [-0.2, -0.15) is 18.9 Å². The van der Waals surface area contributed by atoms with E-state index in [9.17, 15) is 8.42 Å². The van der Waals surface area contributed by atoms with Crippen LogP contribution in [-0.2, 0) is 16.4 Å². The number of hydrogen-bond donors (Lipinski definition) is 0. The molecule has 29 heavy (non-hydrogen) atoms. The van der Waals surface area contributed by atoms with E-state index in [0.29, 0.717) is 42.8 Å². The molecule has 9 heteroatoms. The minimum absolute atomic E-state index is 0.358. The third-order valence-corrected chi connectivity index (χ3v) is 7.04. The summed E-state index contributed by atoms with van der Waals surface area (Å²) < 4.78 is 29.4. The summed E-state index contributed by atoms with van der Waals surface area (Å²) in [4.78, 5) is 11.0. The van der Waals surface area contributed by atoms with Crippen LogP contribution in [-0.4, -0.2) is 58.5 Å². The van der Waals surface area contributed by atoms with E-state index in [1.807, 2.05) is 25.1 Å². The van der Waals surface area contributed by atoms with E-state index < -0.39 is 10.0 Å². The molecule has 1 aliphatic heterocycles. The molecule has 4 rings (SSSR count). The summed E-state index contributed by atoms with van der Waals surface area (Å²) in [5.74, 6) is 1.98. The lowest BCUT2D eigenvalue weighted by Gasteiger charge is -2.35. The first kappa shape index (κ1) is 19.8. The number of aryl methyl sites for hydroxylation is 1. The van der Waals surface area contributed by atoms with E-state index in [0.717, 1.165) is 23.5 Å². The second-order valence-corrected chi connectivity index (χ2v) is 9.80. The number of hydrogen-bond acceptors (Lipinski definition) is 6. The van der Waals surface area contributed by atoms with E-state index in [1.165, 1.54) is 6.33 Å². The van der Waals surface area contributed by atoms with Crippen molar-refractivity contribution in [1.82, 2.24) is 23.9 Å². The maximum Gasteiger partial charge on any atom is 0.254 e. The van der Waals surface area contributed by atoms with Crippen LogP contribution >= 0.6 is 0 Å². The fraction of sp³-hybridized carbons (Fsp3) is 0.450. The maximum atomic E-state index is 13.1. The molecule has 0 saturated carbocycles. The monoisotopic (exact) mass is 414 g/mol. The number of aromatic nitrogens is 4. The molecule has 0 aliphatic carbocycles. The molecule has 3 heterocycles. The van der Waals surface area contributed by atoms with Crippen molar-refractivity contribution in [3.63, 3.8) is 0 Å². The number of anilines is 1. The Kier molecular flexibility index (Phi) is 5.26. The second-order valence-electron chi connectivity index (χ2n) is 7.86. The van der Waals surface area contributed by atoms with Gasteiger partial charge in [-0.25, -0.2) is 13.4 Å². The Labute approximate surface area is 171 Å². The Balaban J connectivity index is 1.49. The summed E-state index contributed by atoms with van der Waals surface area (Å²) in [5.41, 5.74) is 2.02. The van der Waals surface area contributed by atoms with E-state index >= 15 is 0 Å². The predicted molar refractivity (Wildman–Crippen MR) is 111 cm³/mol. The molecule has 0 atom stereocenters. The van der Waals surface area contributed by atoms with Crippen LogP contribution in [0.1, 0.15) is 25.1 Å². The Bertz CT molecular complexity index is 1100. The third-order valence-electron chi connectivity index (χ3n) is 5.13. The van der Waals surface area contributed by atoms with Crippen LogP contribution in [0.3, 0.4) is 0 Å². The van der Waals surface area contributed by atoms with Crippen LogP contribution in [0.4, 0.5) is 5.82 Å². The van der Waals surface area contributed by atoms with Crippen molar-refractivity contribution in [2.45, 2.75) is 32.1 Å². The number of fused-ring (bicyclic) bond motifs is 1. The predicted octanol–water partition coefficient (Wildman–Crippen LogP) is 2.14. The maximum absolute atomic E-state index is 13.1. The lowest BCUT2D eigenvalue weighted by Crippen LogP contribution is -2.49. The fourth-order valence-electron chi connectivity index (χ4n) is 3.71. The number of benzene rings is 1. The van der Waals surface area contributed by atoms with E-state index in [4.69, 9.17) is 0 Å². The van der Waals surface area contributed by atoms with E-state index in [-0.39, 0.29) is 0 Å². The lowest BCUT2D eigenvalue weighted by atomic mass is 10.0. The molecule has 0 spiro atoms. The van der Waals surface area contributed by atoms with Crippen molar-refractivity contribution in [2.75, 3.05) is 31.1 Å². The van der Waals surface area contributed by atoms with Crippen LogP contribution in [0.5, 0.6) is 0 Å². The minimum Gasteiger partial charge on any atom is -0.354 e. The fourth-order valence-corrected chi connectivity index (χ4v) is 5.13. The van der Waals surface area contributed by atoms with Crippen molar-refractivity contribution in [3.8, 4) is 0 Å². The van der Waals surface area contributed by atoms with Crippen molar-refractivity contribution in [2.24, 2.45) is 5.92 Å². The number of nitrogens with zero attached hydrogens (tertiary/aromatic N) is 6. The number of piperazine rings is 1. The van der Waals surface area contributed by atoms with Gasteiger partial charge in [-0.1, -0.05) is 26.0 Å². The Hall–Kier alpha value is -2.52. The summed E-state index contributed by atoms with van der Waals surface area (Å²) in [7, 11) is -3.49. The van der Waals surface area contributed by atoms with Gasteiger partial charge in [0, 0.05) is 37.9 Å². The minimum atomic E-state index is -3.49. The molecular formula is C20H26N6O2S. The molecule has 1 aromatic carbocycles. The Morgan fingerprint density at radius 3 is 2.41 bits per heavy atom.